The fourth-order valence-electron chi connectivity index (χ4n) is 0.872. The minimum absolute atomic E-state index is 0.618. The Hall–Kier alpha value is -0.540. The van der Waals surface area contributed by atoms with Crippen LogP contribution in [0.5, 0.6) is 0 Å². The molecule has 0 saturated heterocycles. The second-order valence-electron chi connectivity index (χ2n) is 2.83. The average Bonchev–Trinajstić information content (AvgIpc) is 2.32. The Labute approximate surface area is 80.1 Å². The molecular formula is C8H9ClO2S. The maximum atomic E-state index is 10.5. The lowest BCUT2D eigenvalue weighted by molar-refractivity contribution is 0.0581. The van der Waals surface area contributed by atoms with Crippen LogP contribution in [0.15, 0.2) is 17.5 Å². The van der Waals surface area contributed by atoms with Gasteiger partial charge in [-0.15, -0.1) is 11.3 Å². The van der Waals surface area contributed by atoms with Crippen molar-refractivity contribution in [2.24, 2.45) is 0 Å². The molecule has 0 unspecified atom stereocenters. The molecule has 1 aromatic heterocycles. The minimum atomic E-state index is -0.770. The molecule has 1 heterocycles. The SMILES string of the molecule is CC(C)(OC(=O)Cl)c1cccs1. The minimum Gasteiger partial charge on any atom is -0.442 e. The quantitative estimate of drug-likeness (QED) is 0.691. The second-order valence-corrected chi connectivity index (χ2v) is 4.08. The van der Waals surface area contributed by atoms with Gasteiger partial charge in [0.1, 0.15) is 5.60 Å². The van der Waals surface area contributed by atoms with Gasteiger partial charge in [-0.2, -0.15) is 0 Å². The zero-order chi connectivity index (χ0) is 9.19. The molecule has 0 saturated carbocycles. The van der Waals surface area contributed by atoms with Gasteiger partial charge in [0.25, 0.3) is 0 Å². The van der Waals surface area contributed by atoms with E-state index in [0.717, 1.165) is 4.88 Å². The van der Waals surface area contributed by atoms with Crippen LogP contribution in [0.2, 0.25) is 0 Å². The molecule has 0 bridgehead atoms. The zero-order valence-corrected chi connectivity index (χ0v) is 8.41. The molecule has 0 fully saturated rings. The summed E-state index contributed by atoms with van der Waals surface area (Å²) in [5.74, 6) is 0. The summed E-state index contributed by atoms with van der Waals surface area (Å²) in [5.41, 5.74) is -1.39. The maximum absolute atomic E-state index is 10.5. The lowest BCUT2D eigenvalue weighted by Gasteiger charge is -2.21. The van der Waals surface area contributed by atoms with Crippen molar-refractivity contribution in [3.8, 4) is 0 Å². The number of carbonyl (C=O) groups excluding carboxylic acids is 1. The molecular weight excluding hydrogens is 196 g/mol. The van der Waals surface area contributed by atoms with E-state index in [1.54, 1.807) is 13.8 Å². The van der Waals surface area contributed by atoms with Gasteiger partial charge in [0, 0.05) is 16.5 Å². The smallest absolute Gasteiger partial charge is 0.404 e. The molecule has 0 aliphatic heterocycles. The highest BCUT2D eigenvalue weighted by atomic mass is 35.5. The van der Waals surface area contributed by atoms with E-state index >= 15 is 0 Å². The summed E-state index contributed by atoms with van der Waals surface area (Å²) < 4.78 is 4.92. The lowest BCUT2D eigenvalue weighted by Crippen LogP contribution is -2.21. The topological polar surface area (TPSA) is 26.3 Å². The molecule has 4 heteroatoms. The normalized spacial score (nSPS) is 11.2. The van der Waals surface area contributed by atoms with Crippen molar-refractivity contribution in [3.63, 3.8) is 0 Å². The van der Waals surface area contributed by atoms with E-state index in [-0.39, 0.29) is 0 Å². The van der Waals surface area contributed by atoms with Gasteiger partial charge in [-0.1, -0.05) is 6.07 Å². The van der Waals surface area contributed by atoms with Crippen molar-refractivity contribution < 1.29 is 9.53 Å². The van der Waals surface area contributed by atoms with Crippen LogP contribution in [0, 0.1) is 0 Å². The van der Waals surface area contributed by atoms with Crippen molar-refractivity contribution in [1.82, 2.24) is 0 Å². The first-order chi connectivity index (χ1) is 5.52. The molecule has 0 N–H and O–H groups in total. The third-order valence-corrected chi connectivity index (χ3v) is 2.70. The highest BCUT2D eigenvalue weighted by molar-refractivity contribution is 7.10. The van der Waals surface area contributed by atoms with Crippen LogP contribution in [-0.2, 0) is 10.3 Å². The second kappa shape index (κ2) is 3.46. The van der Waals surface area contributed by atoms with Gasteiger partial charge >= 0.3 is 5.43 Å². The summed E-state index contributed by atoms with van der Waals surface area (Å²) in [6, 6.07) is 3.81. The third kappa shape index (κ3) is 2.22. The molecule has 0 aromatic carbocycles. The standard InChI is InChI=1S/C8H9ClO2S/c1-8(2,11-7(9)10)6-4-3-5-12-6/h3-5H,1-2H3. The summed E-state index contributed by atoms with van der Waals surface area (Å²) in [5, 5.41) is 1.93. The van der Waals surface area contributed by atoms with Crippen LogP contribution in [0.3, 0.4) is 0 Å². The van der Waals surface area contributed by atoms with Gasteiger partial charge in [0.2, 0.25) is 0 Å². The fraction of sp³-hybridized carbons (Fsp3) is 0.375. The fourth-order valence-corrected chi connectivity index (χ4v) is 1.85. The largest absolute Gasteiger partial charge is 0.442 e. The summed E-state index contributed by atoms with van der Waals surface area (Å²) in [6.07, 6.45) is 0. The summed E-state index contributed by atoms with van der Waals surface area (Å²) in [7, 11) is 0. The Kier molecular flexibility index (Phi) is 2.75. The molecule has 0 aliphatic carbocycles. The molecule has 0 amide bonds. The number of hydrogen-bond donors (Lipinski definition) is 0. The zero-order valence-electron chi connectivity index (χ0n) is 6.83. The number of ether oxygens (including phenoxy) is 1. The van der Waals surface area contributed by atoms with Gasteiger partial charge in [0.15, 0.2) is 0 Å². The Bertz CT molecular complexity index is 267. The van der Waals surface area contributed by atoms with E-state index in [1.807, 2.05) is 17.5 Å². The molecule has 12 heavy (non-hydrogen) atoms. The molecule has 66 valence electrons. The van der Waals surface area contributed by atoms with Crippen molar-refractivity contribution in [3.05, 3.63) is 22.4 Å². The molecule has 1 rings (SSSR count). The van der Waals surface area contributed by atoms with Crippen molar-refractivity contribution in [2.45, 2.75) is 19.4 Å². The first-order valence-corrected chi connectivity index (χ1v) is 4.70. The molecule has 0 spiro atoms. The molecule has 0 radical (unpaired) electrons. The average molecular weight is 205 g/mol. The van der Waals surface area contributed by atoms with Crippen LogP contribution in [0.1, 0.15) is 18.7 Å². The number of hydrogen-bond acceptors (Lipinski definition) is 3. The van der Waals surface area contributed by atoms with E-state index in [1.165, 1.54) is 11.3 Å². The summed E-state index contributed by atoms with van der Waals surface area (Å²) >= 11 is 6.66. The predicted molar refractivity (Wildman–Crippen MR) is 49.7 cm³/mol. The van der Waals surface area contributed by atoms with Gasteiger partial charge in [-0.3, -0.25) is 0 Å². The van der Waals surface area contributed by atoms with Gasteiger partial charge in [0.05, 0.1) is 0 Å². The Morgan fingerprint density at radius 1 is 1.67 bits per heavy atom. The molecule has 1 aromatic rings. The molecule has 2 nitrogen and oxygen atoms in total. The van der Waals surface area contributed by atoms with E-state index in [4.69, 9.17) is 16.3 Å². The highest BCUT2D eigenvalue weighted by Gasteiger charge is 2.25. The first-order valence-electron chi connectivity index (χ1n) is 3.45. The van der Waals surface area contributed by atoms with Gasteiger partial charge < -0.3 is 4.74 Å². The molecule has 0 atom stereocenters. The Balaban J connectivity index is 2.79. The van der Waals surface area contributed by atoms with E-state index in [2.05, 4.69) is 0 Å². The monoisotopic (exact) mass is 204 g/mol. The highest BCUT2D eigenvalue weighted by Crippen LogP contribution is 2.29. The van der Waals surface area contributed by atoms with Crippen molar-refractivity contribution >= 4 is 28.4 Å². The van der Waals surface area contributed by atoms with E-state index < -0.39 is 11.0 Å². The van der Waals surface area contributed by atoms with Crippen molar-refractivity contribution in [1.29, 1.82) is 0 Å². The Morgan fingerprint density at radius 2 is 2.33 bits per heavy atom. The molecule has 0 aliphatic rings. The number of carbonyl (C=O) groups is 1. The number of halogens is 1. The van der Waals surface area contributed by atoms with Crippen LogP contribution in [0.4, 0.5) is 4.79 Å². The third-order valence-electron chi connectivity index (χ3n) is 1.45. The summed E-state index contributed by atoms with van der Waals surface area (Å²) in [6.45, 7) is 3.61. The maximum Gasteiger partial charge on any atom is 0.404 e. The van der Waals surface area contributed by atoms with E-state index in [0.29, 0.717) is 0 Å². The predicted octanol–water partition coefficient (Wildman–Crippen LogP) is 3.36. The van der Waals surface area contributed by atoms with Crippen LogP contribution in [0.25, 0.3) is 0 Å². The van der Waals surface area contributed by atoms with Crippen LogP contribution in [-0.4, -0.2) is 5.43 Å². The lowest BCUT2D eigenvalue weighted by atomic mass is 10.1. The van der Waals surface area contributed by atoms with Crippen LogP contribution >= 0.6 is 22.9 Å². The Morgan fingerprint density at radius 3 is 2.75 bits per heavy atom. The van der Waals surface area contributed by atoms with Crippen molar-refractivity contribution in [2.75, 3.05) is 0 Å². The number of rotatable bonds is 2. The number of thiophene rings is 1. The van der Waals surface area contributed by atoms with Crippen LogP contribution < -0.4 is 0 Å². The summed E-state index contributed by atoms with van der Waals surface area (Å²) in [4.78, 5) is 11.5. The van der Waals surface area contributed by atoms with Gasteiger partial charge in [-0.05, 0) is 25.3 Å². The van der Waals surface area contributed by atoms with E-state index in [9.17, 15) is 4.79 Å². The van der Waals surface area contributed by atoms with Gasteiger partial charge in [-0.25, -0.2) is 4.79 Å². The first kappa shape index (κ1) is 9.55.